The topological polar surface area (TPSA) is 84.8 Å². The van der Waals surface area contributed by atoms with Crippen LogP contribution in [0.2, 0.25) is 0 Å². The van der Waals surface area contributed by atoms with Crippen molar-refractivity contribution in [3.8, 4) is 22.4 Å². The minimum Gasteiger partial charge on any atom is -0.369 e. The first-order valence-electron chi connectivity index (χ1n) is 13.0. The van der Waals surface area contributed by atoms with Gasteiger partial charge in [-0.15, -0.1) is 0 Å². The second-order valence-corrected chi connectivity index (χ2v) is 11.0. The maximum absolute atomic E-state index is 15.4. The first kappa shape index (κ1) is 26.1. The van der Waals surface area contributed by atoms with Crippen molar-refractivity contribution in [1.82, 2.24) is 20.2 Å². The summed E-state index contributed by atoms with van der Waals surface area (Å²) >= 11 is 1.66. The van der Waals surface area contributed by atoms with Crippen LogP contribution in [0.15, 0.2) is 60.8 Å². The van der Waals surface area contributed by atoms with Crippen molar-refractivity contribution in [2.75, 3.05) is 55.7 Å². The van der Waals surface area contributed by atoms with E-state index in [0.717, 1.165) is 49.6 Å². The Morgan fingerprint density at radius 1 is 0.872 bits per heavy atom. The Morgan fingerprint density at radius 2 is 1.59 bits per heavy atom. The zero-order valence-electron chi connectivity index (χ0n) is 21.3. The number of hydrogen-bond donors (Lipinski definition) is 3. The number of hydrogen-bond acceptors (Lipinski definition) is 8. The van der Waals surface area contributed by atoms with Gasteiger partial charge in [0.05, 0.1) is 28.5 Å². The minimum atomic E-state index is -2.74. The number of thioether (sulfide) groups is 1. The molecule has 3 aromatic carbocycles. The molecule has 7 nitrogen and oxygen atoms in total. The van der Waals surface area contributed by atoms with Gasteiger partial charge in [-0.1, -0.05) is 24.3 Å². The van der Waals surface area contributed by atoms with Crippen molar-refractivity contribution >= 4 is 28.5 Å². The third-order valence-electron chi connectivity index (χ3n) is 7.34. The van der Waals surface area contributed by atoms with E-state index in [2.05, 4.69) is 27.3 Å². The average Bonchev–Trinajstić information content (AvgIpc) is 2.97. The molecule has 2 fully saturated rings. The van der Waals surface area contributed by atoms with E-state index in [4.69, 9.17) is 4.98 Å². The van der Waals surface area contributed by atoms with Gasteiger partial charge in [0.15, 0.2) is 0 Å². The quantitative estimate of drug-likeness (QED) is 0.325. The highest BCUT2D eigenvalue weighted by Gasteiger charge is 2.40. The van der Waals surface area contributed by atoms with Crippen LogP contribution in [0.5, 0.6) is 0 Å². The molecule has 202 valence electrons. The van der Waals surface area contributed by atoms with Crippen LogP contribution in [0.1, 0.15) is 5.56 Å². The largest absolute Gasteiger partial charge is 0.369 e. The standard InChI is InChI=1S/C29H29F2N5O2S/c30-23-16-20(17-24(31)27(23)29(37,38)36-11-13-39-14-12-36)22-5-2-6-25-28(22)34-26(18-33-25)19-3-1-4-21(15-19)35-9-7-32-8-10-35/h1-6,15-18,32,37-38H,7-14H2. The van der Waals surface area contributed by atoms with Gasteiger partial charge in [-0.2, -0.15) is 11.8 Å². The summed E-state index contributed by atoms with van der Waals surface area (Å²) in [4.78, 5) is 13.1. The normalized spacial score (nSPS) is 17.1. The molecular weight excluding hydrogens is 520 g/mol. The van der Waals surface area contributed by atoms with Crippen molar-refractivity contribution in [3.63, 3.8) is 0 Å². The molecule has 0 bridgehead atoms. The molecule has 0 saturated carbocycles. The van der Waals surface area contributed by atoms with E-state index in [9.17, 15) is 10.2 Å². The molecule has 0 unspecified atom stereocenters. The van der Waals surface area contributed by atoms with Gasteiger partial charge in [-0.05, 0) is 35.9 Å². The fourth-order valence-corrected chi connectivity index (χ4v) is 6.18. The highest BCUT2D eigenvalue weighted by molar-refractivity contribution is 7.99. The Kier molecular flexibility index (Phi) is 7.22. The number of aliphatic hydroxyl groups is 2. The van der Waals surface area contributed by atoms with Crippen molar-refractivity contribution in [3.05, 3.63) is 78.0 Å². The van der Waals surface area contributed by atoms with Gasteiger partial charge < -0.3 is 20.4 Å². The Hall–Kier alpha value is -3.15. The summed E-state index contributed by atoms with van der Waals surface area (Å²) in [6.07, 6.45) is 1.70. The monoisotopic (exact) mass is 549 g/mol. The fourth-order valence-electron chi connectivity index (χ4n) is 5.27. The number of nitrogens with zero attached hydrogens (tertiary/aromatic N) is 4. The summed E-state index contributed by atoms with van der Waals surface area (Å²) in [5.41, 5.74) is 3.71. The van der Waals surface area contributed by atoms with Gasteiger partial charge in [0, 0.05) is 67.6 Å². The lowest BCUT2D eigenvalue weighted by atomic mass is 9.99. The maximum atomic E-state index is 15.4. The van der Waals surface area contributed by atoms with Crippen LogP contribution >= 0.6 is 11.8 Å². The molecule has 2 aliphatic heterocycles. The van der Waals surface area contributed by atoms with Crippen molar-refractivity contribution in [2.45, 2.75) is 5.91 Å². The van der Waals surface area contributed by atoms with Crippen LogP contribution in [-0.4, -0.2) is 75.9 Å². The van der Waals surface area contributed by atoms with E-state index >= 15 is 8.78 Å². The molecule has 10 heteroatoms. The van der Waals surface area contributed by atoms with E-state index in [1.54, 1.807) is 36.2 Å². The number of halogens is 2. The highest BCUT2D eigenvalue weighted by atomic mass is 32.2. The molecule has 6 rings (SSSR count). The number of benzene rings is 3. The molecule has 0 amide bonds. The summed E-state index contributed by atoms with van der Waals surface area (Å²) in [7, 11) is 0. The van der Waals surface area contributed by atoms with Crippen LogP contribution in [-0.2, 0) is 5.91 Å². The molecule has 39 heavy (non-hydrogen) atoms. The van der Waals surface area contributed by atoms with Crippen LogP contribution < -0.4 is 10.2 Å². The number of aromatic nitrogens is 2. The fraction of sp³-hybridized carbons (Fsp3) is 0.310. The molecule has 3 heterocycles. The van der Waals surface area contributed by atoms with Crippen molar-refractivity contribution in [1.29, 1.82) is 0 Å². The van der Waals surface area contributed by atoms with E-state index < -0.39 is 23.1 Å². The predicted octanol–water partition coefficient (Wildman–Crippen LogP) is 3.80. The second-order valence-electron chi connectivity index (χ2n) is 9.77. The zero-order valence-corrected chi connectivity index (χ0v) is 22.1. The second kappa shape index (κ2) is 10.8. The van der Waals surface area contributed by atoms with E-state index in [1.165, 1.54) is 4.90 Å². The predicted molar refractivity (Wildman–Crippen MR) is 150 cm³/mol. The number of rotatable bonds is 5. The first-order chi connectivity index (χ1) is 18.9. The van der Waals surface area contributed by atoms with Gasteiger partial charge >= 0.3 is 0 Å². The maximum Gasteiger partial charge on any atom is 0.259 e. The highest BCUT2D eigenvalue weighted by Crippen LogP contribution is 2.35. The molecule has 0 aliphatic carbocycles. The molecule has 0 spiro atoms. The van der Waals surface area contributed by atoms with Gasteiger partial charge in [0.25, 0.3) is 5.91 Å². The third-order valence-corrected chi connectivity index (χ3v) is 8.28. The smallest absolute Gasteiger partial charge is 0.259 e. The molecule has 2 aliphatic rings. The summed E-state index contributed by atoms with van der Waals surface area (Å²) in [6.45, 7) is 4.33. The number of fused-ring (bicyclic) bond motifs is 1. The molecule has 0 radical (unpaired) electrons. The van der Waals surface area contributed by atoms with Gasteiger partial charge in [0.1, 0.15) is 11.6 Å². The third kappa shape index (κ3) is 5.10. The van der Waals surface area contributed by atoms with Crippen LogP contribution in [0, 0.1) is 11.6 Å². The van der Waals surface area contributed by atoms with E-state index in [0.29, 0.717) is 46.9 Å². The summed E-state index contributed by atoms with van der Waals surface area (Å²) in [5, 5.41) is 24.9. The Labute approximate surface area is 229 Å². The number of anilines is 1. The van der Waals surface area contributed by atoms with Crippen LogP contribution in [0.25, 0.3) is 33.4 Å². The summed E-state index contributed by atoms with van der Waals surface area (Å²) in [6, 6.07) is 15.7. The van der Waals surface area contributed by atoms with Gasteiger partial charge in [-0.3, -0.25) is 4.98 Å². The van der Waals surface area contributed by atoms with Crippen LogP contribution in [0.4, 0.5) is 14.5 Å². The summed E-state index contributed by atoms with van der Waals surface area (Å²) < 4.78 is 30.8. The van der Waals surface area contributed by atoms with Crippen LogP contribution in [0.3, 0.4) is 0 Å². The van der Waals surface area contributed by atoms with E-state index in [1.807, 2.05) is 12.1 Å². The zero-order chi connectivity index (χ0) is 27.0. The molecule has 1 aromatic heterocycles. The average molecular weight is 550 g/mol. The summed E-state index contributed by atoms with van der Waals surface area (Å²) in [5.74, 6) is -3.50. The number of piperazine rings is 1. The Bertz CT molecular complexity index is 1480. The minimum absolute atomic E-state index is 0.241. The lowest BCUT2D eigenvalue weighted by Crippen LogP contribution is -2.50. The lowest BCUT2D eigenvalue weighted by Gasteiger charge is -2.37. The van der Waals surface area contributed by atoms with E-state index in [-0.39, 0.29) is 5.56 Å². The molecular formula is C29H29F2N5O2S. The van der Waals surface area contributed by atoms with Crippen molar-refractivity contribution < 1.29 is 19.0 Å². The van der Waals surface area contributed by atoms with Crippen molar-refractivity contribution in [2.24, 2.45) is 0 Å². The number of para-hydroxylation sites is 1. The molecule has 2 saturated heterocycles. The Morgan fingerprint density at radius 3 is 2.33 bits per heavy atom. The number of nitrogens with one attached hydrogen (secondary N) is 1. The molecule has 0 atom stereocenters. The molecule has 4 aromatic rings. The Balaban J connectivity index is 1.39. The SMILES string of the molecule is OC(O)(c1c(F)cc(-c2cccc3ncc(-c4cccc(N5CCNCC5)c4)nc23)cc1F)N1CCSCC1. The first-order valence-corrected chi connectivity index (χ1v) is 14.2. The van der Waals surface area contributed by atoms with Gasteiger partial charge in [-0.25, -0.2) is 18.7 Å². The van der Waals surface area contributed by atoms with Gasteiger partial charge in [0.2, 0.25) is 0 Å². The molecule has 3 N–H and O–H groups in total. The lowest BCUT2D eigenvalue weighted by molar-refractivity contribution is -0.276.